The quantitative estimate of drug-likeness (QED) is 0.0826. The molecule has 2 aliphatic heterocycles. The molecular weight excluding hydrogens is 958 g/mol. The molecule has 2 aliphatic rings. The number of sulfone groups is 1. The number of nitrogens with one attached hydrogen (secondary N) is 1. The van der Waals surface area contributed by atoms with Gasteiger partial charge in [-0.2, -0.15) is 0 Å². The molecule has 2 heterocycles. The maximum atomic E-state index is 12.8. The zero-order valence-electron chi connectivity index (χ0n) is 39.4. The van der Waals surface area contributed by atoms with E-state index in [0.29, 0.717) is 55.7 Å². The highest BCUT2D eigenvalue weighted by Gasteiger charge is 2.21. The number of nitrogens with two attached hydrogens (primary N) is 2. The van der Waals surface area contributed by atoms with Gasteiger partial charge in [0.2, 0.25) is 10.0 Å². The Hall–Kier alpha value is -4.44. The lowest BCUT2D eigenvalue weighted by molar-refractivity contribution is 0.134. The zero-order chi connectivity index (χ0) is 49.5. The van der Waals surface area contributed by atoms with E-state index in [-0.39, 0.29) is 15.5 Å². The van der Waals surface area contributed by atoms with Crippen LogP contribution in [0.25, 0.3) is 0 Å². The molecule has 5 aromatic rings. The summed E-state index contributed by atoms with van der Waals surface area (Å²) in [5, 5.41) is 0. The molecule has 2 fully saturated rings. The van der Waals surface area contributed by atoms with Gasteiger partial charge in [-0.25, -0.2) is 30.0 Å². The van der Waals surface area contributed by atoms with Gasteiger partial charge in [-0.1, -0.05) is 78.4 Å². The SMILES string of the molecule is Cc1ccc(S(=O)(=O)NCCN2CCN(CCCS(=O)(=O)c3ccc(OCc4ccccc4)cc3)CC2)cc1.NCCN1CCN(CCN)CC1.O=S(=O)(Cl)c1ccc(OCc2ccccc2)cc1. The van der Waals surface area contributed by atoms with Gasteiger partial charge in [-0.15, -0.1) is 0 Å². The smallest absolute Gasteiger partial charge is 0.261 e. The standard InChI is InChI=1S/C29H37N3O5S2.C13H11ClO3S.C8H20N4/c1-25-8-12-29(13-9-25)39(35,36)30-16-18-32-21-19-31(20-22-32)17-5-23-38(33,34)28-14-10-27(11-15-28)37-24-26-6-3-2-4-7-26;14-18(15,16)13-8-6-12(7-9-13)17-10-11-4-2-1-3-5-11;9-1-3-11-5-7-12(4-2-10)8-6-11/h2-4,6-15,30H,5,16-24H2,1H3;1-9H,10H2;1-10H2. The topological polar surface area (TPSA) is 198 Å². The van der Waals surface area contributed by atoms with E-state index in [1.807, 2.05) is 67.6 Å². The average Bonchev–Trinajstić information content (AvgIpc) is 3.35. The van der Waals surface area contributed by atoms with Gasteiger partial charge in [0.05, 0.1) is 20.4 Å². The minimum Gasteiger partial charge on any atom is -0.489 e. The summed E-state index contributed by atoms with van der Waals surface area (Å²) in [7, 11) is -5.33. The van der Waals surface area contributed by atoms with Crippen LogP contribution in [-0.4, -0.2) is 149 Å². The highest BCUT2D eigenvalue weighted by atomic mass is 35.7. The fourth-order valence-corrected chi connectivity index (χ4v) is 10.6. The van der Waals surface area contributed by atoms with Crippen LogP contribution in [0.5, 0.6) is 11.5 Å². The zero-order valence-corrected chi connectivity index (χ0v) is 42.7. The Balaban J connectivity index is 0.000000241. The molecule has 5 aromatic carbocycles. The molecule has 0 aliphatic carbocycles. The summed E-state index contributed by atoms with van der Waals surface area (Å²) in [6.45, 7) is 16.0. The Labute approximate surface area is 414 Å². The molecule has 69 heavy (non-hydrogen) atoms. The highest BCUT2D eigenvalue weighted by molar-refractivity contribution is 8.13. The first-order valence-corrected chi connectivity index (χ1v) is 28.6. The van der Waals surface area contributed by atoms with E-state index in [1.54, 1.807) is 60.7 Å². The van der Waals surface area contributed by atoms with E-state index >= 15 is 0 Å². The Morgan fingerprint density at radius 3 is 1.32 bits per heavy atom. The van der Waals surface area contributed by atoms with Crippen LogP contribution in [0.3, 0.4) is 0 Å². The average molecular weight is 1030 g/mol. The molecule has 19 heteroatoms. The summed E-state index contributed by atoms with van der Waals surface area (Å²) in [6.07, 6.45) is 0.560. The minimum atomic E-state index is -3.67. The number of rotatable bonds is 21. The van der Waals surface area contributed by atoms with E-state index in [1.165, 1.54) is 12.1 Å². The first kappa shape index (κ1) is 55.5. The monoisotopic (exact) mass is 1030 g/mol. The second kappa shape index (κ2) is 28.4. The molecule has 0 aromatic heterocycles. The Morgan fingerprint density at radius 1 is 0.507 bits per heavy atom. The molecule has 0 spiro atoms. The van der Waals surface area contributed by atoms with Crippen LogP contribution in [-0.2, 0) is 42.1 Å². The molecule has 15 nitrogen and oxygen atoms in total. The van der Waals surface area contributed by atoms with Crippen molar-refractivity contribution in [3.8, 4) is 11.5 Å². The van der Waals surface area contributed by atoms with Gasteiger partial charge in [0, 0.05) is 102 Å². The van der Waals surface area contributed by atoms with Crippen molar-refractivity contribution in [2.75, 3.05) is 104 Å². The summed E-state index contributed by atoms with van der Waals surface area (Å²) in [4.78, 5) is 9.97. The maximum Gasteiger partial charge on any atom is 0.261 e. The predicted octanol–water partition coefficient (Wildman–Crippen LogP) is 5.05. The van der Waals surface area contributed by atoms with Gasteiger partial charge >= 0.3 is 0 Å². The largest absolute Gasteiger partial charge is 0.489 e. The molecule has 0 unspecified atom stereocenters. The molecule has 376 valence electrons. The third-order valence-corrected chi connectivity index (χ3v) is 16.2. The van der Waals surface area contributed by atoms with Gasteiger partial charge in [0.15, 0.2) is 9.84 Å². The van der Waals surface area contributed by atoms with Crippen LogP contribution in [0.4, 0.5) is 0 Å². The number of aryl methyl sites for hydroxylation is 1. The van der Waals surface area contributed by atoms with Gasteiger partial charge < -0.3 is 25.8 Å². The lowest BCUT2D eigenvalue weighted by atomic mass is 10.2. The van der Waals surface area contributed by atoms with E-state index in [4.69, 9.17) is 31.6 Å². The van der Waals surface area contributed by atoms with Crippen molar-refractivity contribution >= 4 is 39.6 Å². The van der Waals surface area contributed by atoms with Crippen LogP contribution >= 0.6 is 10.7 Å². The van der Waals surface area contributed by atoms with Gasteiger partial charge in [-0.05, 0) is 91.7 Å². The summed E-state index contributed by atoms with van der Waals surface area (Å²) in [5.74, 6) is 1.33. The number of benzene rings is 5. The molecule has 0 bridgehead atoms. The predicted molar refractivity (Wildman–Crippen MR) is 274 cm³/mol. The van der Waals surface area contributed by atoms with E-state index in [0.717, 1.165) is 95.2 Å². The molecular formula is C50H68ClN7O8S3. The summed E-state index contributed by atoms with van der Waals surface area (Å²) < 4.78 is 86.6. The molecule has 0 saturated carbocycles. The van der Waals surface area contributed by atoms with Gasteiger partial charge in [0.1, 0.15) is 24.7 Å². The number of nitrogens with zero attached hydrogens (tertiary/aromatic N) is 4. The van der Waals surface area contributed by atoms with Crippen LogP contribution in [0.2, 0.25) is 0 Å². The number of halogens is 1. The fourth-order valence-electron chi connectivity index (χ4n) is 7.50. The Kier molecular flexibility index (Phi) is 22.9. The normalized spacial score (nSPS) is 15.3. The second-order valence-electron chi connectivity index (χ2n) is 16.8. The van der Waals surface area contributed by atoms with E-state index in [9.17, 15) is 25.3 Å². The van der Waals surface area contributed by atoms with Gasteiger partial charge in [-0.3, -0.25) is 14.7 Å². The van der Waals surface area contributed by atoms with Crippen LogP contribution in [0.1, 0.15) is 23.1 Å². The molecule has 0 atom stereocenters. The minimum absolute atomic E-state index is 0.0660. The van der Waals surface area contributed by atoms with Crippen molar-refractivity contribution in [2.45, 2.75) is 41.2 Å². The van der Waals surface area contributed by atoms with E-state index < -0.39 is 28.9 Å². The number of hydrogen-bond acceptors (Lipinski definition) is 14. The first-order chi connectivity index (χ1) is 33.1. The third kappa shape index (κ3) is 20.1. The van der Waals surface area contributed by atoms with Crippen molar-refractivity contribution in [2.24, 2.45) is 11.5 Å². The molecule has 0 radical (unpaired) electrons. The van der Waals surface area contributed by atoms with Crippen LogP contribution < -0.4 is 25.7 Å². The van der Waals surface area contributed by atoms with Crippen molar-refractivity contribution in [1.82, 2.24) is 24.3 Å². The highest BCUT2D eigenvalue weighted by Crippen LogP contribution is 2.21. The van der Waals surface area contributed by atoms with Crippen molar-refractivity contribution in [3.05, 3.63) is 150 Å². The molecule has 5 N–H and O–H groups in total. The van der Waals surface area contributed by atoms with Crippen LogP contribution in [0, 0.1) is 6.92 Å². The third-order valence-electron chi connectivity index (χ3n) is 11.5. The van der Waals surface area contributed by atoms with Crippen molar-refractivity contribution < 1.29 is 34.7 Å². The number of sulfonamides is 1. The lowest BCUT2D eigenvalue weighted by Crippen LogP contribution is -2.48. The number of ether oxygens (including phenoxy) is 2. The van der Waals surface area contributed by atoms with Crippen molar-refractivity contribution in [1.29, 1.82) is 0 Å². The maximum absolute atomic E-state index is 12.8. The second-order valence-corrected chi connectivity index (χ2v) is 23.2. The molecule has 7 rings (SSSR count). The molecule has 0 amide bonds. The van der Waals surface area contributed by atoms with Crippen molar-refractivity contribution in [3.63, 3.8) is 0 Å². The Morgan fingerprint density at radius 2 is 0.899 bits per heavy atom. The van der Waals surface area contributed by atoms with Crippen LogP contribution in [0.15, 0.2) is 148 Å². The summed E-state index contributed by atoms with van der Waals surface area (Å²) >= 11 is 0. The first-order valence-electron chi connectivity index (χ1n) is 23.2. The summed E-state index contributed by atoms with van der Waals surface area (Å²) in [6, 6.07) is 39.0. The molecule has 2 saturated heterocycles. The summed E-state index contributed by atoms with van der Waals surface area (Å²) in [5.41, 5.74) is 14.1. The Bertz CT molecular complexity index is 2550. The lowest BCUT2D eigenvalue weighted by Gasteiger charge is -2.34. The van der Waals surface area contributed by atoms with E-state index in [2.05, 4.69) is 24.3 Å². The number of piperazine rings is 2. The number of hydrogen-bond donors (Lipinski definition) is 3. The van der Waals surface area contributed by atoms with Gasteiger partial charge in [0.25, 0.3) is 9.05 Å². The fraction of sp³-hybridized carbons (Fsp3) is 0.400.